The van der Waals surface area contributed by atoms with E-state index in [9.17, 15) is 26.4 Å². The molecule has 0 radical (unpaired) electrons. The molecule has 38 heavy (non-hydrogen) atoms. The van der Waals surface area contributed by atoms with Gasteiger partial charge in [-0.1, -0.05) is 18.2 Å². The molecule has 2 saturated heterocycles. The number of benzene rings is 2. The van der Waals surface area contributed by atoms with Crippen LogP contribution in [-0.2, 0) is 19.6 Å². The van der Waals surface area contributed by atoms with Crippen molar-refractivity contribution in [1.82, 2.24) is 10.6 Å². The number of aliphatic carboxylic acids is 1. The van der Waals surface area contributed by atoms with Crippen LogP contribution in [0.4, 0.5) is 24.5 Å². The maximum atomic E-state index is 13.0. The van der Waals surface area contributed by atoms with Crippen LogP contribution < -0.4 is 20.3 Å². The van der Waals surface area contributed by atoms with Crippen molar-refractivity contribution in [3.8, 4) is 0 Å². The van der Waals surface area contributed by atoms with Gasteiger partial charge in [0.25, 0.3) is 15.9 Å². The molecule has 0 saturated carbocycles. The van der Waals surface area contributed by atoms with Crippen molar-refractivity contribution in [3.63, 3.8) is 0 Å². The predicted molar refractivity (Wildman–Crippen MR) is 134 cm³/mol. The first-order chi connectivity index (χ1) is 18.0. The lowest BCUT2D eigenvalue weighted by molar-refractivity contribution is -0.192. The third kappa shape index (κ3) is 8.33. The summed E-state index contributed by atoms with van der Waals surface area (Å²) in [7, 11) is -3.79. The van der Waals surface area contributed by atoms with E-state index < -0.39 is 22.2 Å². The van der Waals surface area contributed by atoms with Gasteiger partial charge in [-0.2, -0.15) is 13.2 Å². The molecule has 2 fully saturated rings. The average molecular weight is 559 g/mol. The van der Waals surface area contributed by atoms with E-state index >= 15 is 0 Å². The van der Waals surface area contributed by atoms with Crippen LogP contribution in [0.15, 0.2) is 53.4 Å². The fraction of sp³-hybridized carbons (Fsp3) is 0.417. The molecule has 0 aromatic heterocycles. The number of sulfonamides is 1. The van der Waals surface area contributed by atoms with E-state index in [-0.39, 0.29) is 16.9 Å². The van der Waals surface area contributed by atoms with Crippen LogP contribution in [0, 0.1) is 0 Å². The van der Waals surface area contributed by atoms with Gasteiger partial charge in [-0.25, -0.2) is 13.2 Å². The second-order valence-electron chi connectivity index (χ2n) is 8.54. The molecule has 14 heteroatoms. The zero-order valence-corrected chi connectivity index (χ0v) is 21.1. The number of rotatable bonds is 7. The lowest BCUT2D eigenvalue weighted by Crippen LogP contribution is -2.43. The Bertz CT molecular complexity index is 1200. The summed E-state index contributed by atoms with van der Waals surface area (Å²) < 4.78 is 65.9. The van der Waals surface area contributed by atoms with Gasteiger partial charge >= 0.3 is 12.1 Å². The summed E-state index contributed by atoms with van der Waals surface area (Å²) in [5.41, 5.74) is 1.56. The number of anilines is 2. The lowest BCUT2D eigenvalue weighted by atomic mass is 10.1. The van der Waals surface area contributed by atoms with Gasteiger partial charge in [0.15, 0.2) is 0 Å². The second kappa shape index (κ2) is 12.9. The number of carbonyl (C=O) groups excluding carboxylic acids is 1. The van der Waals surface area contributed by atoms with E-state index in [2.05, 4.69) is 20.3 Å². The molecule has 2 heterocycles. The normalized spacial score (nSPS) is 17.8. The largest absolute Gasteiger partial charge is 0.490 e. The highest BCUT2D eigenvalue weighted by atomic mass is 32.2. The number of nitrogens with one attached hydrogen (secondary N) is 3. The molecule has 2 aliphatic heterocycles. The number of ether oxygens (including phenoxy) is 1. The molecule has 2 aromatic rings. The number of hydrogen-bond donors (Lipinski definition) is 4. The molecule has 0 spiro atoms. The van der Waals surface area contributed by atoms with Gasteiger partial charge in [-0.15, -0.1) is 0 Å². The molecular weight excluding hydrogens is 529 g/mol. The fourth-order valence-corrected chi connectivity index (χ4v) is 4.94. The van der Waals surface area contributed by atoms with Crippen LogP contribution in [-0.4, -0.2) is 77.0 Å². The average Bonchev–Trinajstić information content (AvgIpc) is 3.42. The van der Waals surface area contributed by atoms with Crippen molar-refractivity contribution >= 4 is 33.3 Å². The maximum Gasteiger partial charge on any atom is 0.490 e. The maximum absolute atomic E-state index is 13.0. The number of hydrogen-bond acceptors (Lipinski definition) is 7. The first kappa shape index (κ1) is 29.2. The minimum Gasteiger partial charge on any atom is -0.475 e. The molecule has 4 N–H and O–H groups in total. The topological polar surface area (TPSA) is 137 Å². The number of piperazine rings is 1. The minimum atomic E-state index is -5.08. The number of alkyl halides is 3. The molecule has 1 unspecified atom stereocenters. The molecule has 1 atom stereocenters. The molecular formula is C24H29F3N4O6S. The minimum absolute atomic E-state index is 0.0418. The summed E-state index contributed by atoms with van der Waals surface area (Å²) in [5, 5.41) is 13.3. The van der Waals surface area contributed by atoms with Gasteiger partial charge in [-0.3, -0.25) is 9.52 Å². The number of carbonyl (C=O) groups is 2. The predicted octanol–water partition coefficient (Wildman–Crippen LogP) is 2.44. The molecule has 2 aromatic carbocycles. The van der Waals surface area contributed by atoms with Crippen molar-refractivity contribution in [3.05, 3.63) is 54.1 Å². The van der Waals surface area contributed by atoms with E-state index in [4.69, 9.17) is 14.6 Å². The van der Waals surface area contributed by atoms with Crippen LogP contribution in [0.2, 0.25) is 0 Å². The Morgan fingerprint density at radius 3 is 2.34 bits per heavy atom. The monoisotopic (exact) mass is 558 g/mol. The first-order valence-corrected chi connectivity index (χ1v) is 13.3. The van der Waals surface area contributed by atoms with E-state index in [0.717, 1.165) is 51.3 Å². The van der Waals surface area contributed by atoms with Crippen LogP contribution in [0.1, 0.15) is 23.2 Å². The van der Waals surface area contributed by atoms with E-state index in [1.165, 1.54) is 0 Å². The molecule has 10 nitrogen and oxygen atoms in total. The molecule has 4 rings (SSSR count). The summed E-state index contributed by atoms with van der Waals surface area (Å²) in [5.74, 6) is -3.00. The highest BCUT2D eigenvalue weighted by Crippen LogP contribution is 2.30. The Morgan fingerprint density at radius 2 is 1.76 bits per heavy atom. The molecule has 208 valence electrons. The van der Waals surface area contributed by atoms with Crippen molar-refractivity contribution in [2.75, 3.05) is 49.0 Å². The molecule has 0 bridgehead atoms. The van der Waals surface area contributed by atoms with Crippen LogP contribution in [0.25, 0.3) is 0 Å². The van der Waals surface area contributed by atoms with Gasteiger partial charge in [0.1, 0.15) is 0 Å². The quantitative estimate of drug-likeness (QED) is 0.407. The fourth-order valence-electron chi connectivity index (χ4n) is 3.86. The number of carboxylic acid groups (broad SMARTS) is 1. The van der Waals surface area contributed by atoms with E-state index in [0.29, 0.717) is 17.8 Å². The van der Waals surface area contributed by atoms with E-state index in [1.54, 1.807) is 42.5 Å². The Balaban J connectivity index is 0.000000505. The summed E-state index contributed by atoms with van der Waals surface area (Å²) >= 11 is 0. The Kier molecular flexibility index (Phi) is 9.94. The zero-order chi connectivity index (χ0) is 27.8. The summed E-state index contributed by atoms with van der Waals surface area (Å²) in [6.45, 7) is 4.31. The van der Waals surface area contributed by atoms with Crippen LogP contribution >= 0.6 is 0 Å². The summed E-state index contributed by atoms with van der Waals surface area (Å²) in [6, 6.07) is 13.4. The Morgan fingerprint density at radius 1 is 1.11 bits per heavy atom. The zero-order valence-electron chi connectivity index (χ0n) is 20.3. The smallest absolute Gasteiger partial charge is 0.475 e. The van der Waals surface area contributed by atoms with Crippen molar-refractivity contribution < 1.29 is 41.0 Å². The molecule has 0 aliphatic carbocycles. The van der Waals surface area contributed by atoms with Gasteiger partial charge < -0.3 is 25.4 Å². The van der Waals surface area contributed by atoms with Gasteiger partial charge in [0, 0.05) is 44.9 Å². The number of carboxylic acids is 1. The number of nitrogens with zero attached hydrogens (tertiary/aromatic N) is 1. The summed E-state index contributed by atoms with van der Waals surface area (Å²) in [4.78, 5) is 23.9. The van der Waals surface area contributed by atoms with Gasteiger partial charge in [0.05, 0.1) is 22.4 Å². The molecule has 1 amide bonds. The Labute approximate surface area is 218 Å². The van der Waals surface area contributed by atoms with Crippen molar-refractivity contribution in [2.45, 2.75) is 30.0 Å². The standard InChI is InChI=1S/C22H28N4O4S.C2HF3O2/c27-22(24-16-18-5-4-14-30-18)17-8-9-21(26-12-10-23-11-13-26)20(15-17)25-31(28,29)19-6-2-1-3-7-19;3-2(4,5)1(6)7/h1-3,6-9,15,18,23,25H,4-5,10-14,16H2,(H,24,27);(H,6,7). The highest BCUT2D eigenvalue weighted by Gasteiger charge is 2.38. The SMILES string of the molecule is O=C(NCC1CCCO1)c1ccc(N2CCNCC2)c(NS(=O)(=O)c2ccccc2)c1.O=C(O)C(F)(F)F. The lowest BCUT2D eigenvalue weighted by Gasteiger charge is -2.31. The van der Waals surface area contributed by atoms with Crippen molar-refractivity contribution in [1.29, 1.82) is 0 Å². The Hall–Kier alpha value is -3.36. The van der Waals surface area contributed by atoms with Crippen LogP contribution in [0.3, 0.4) is 0 Å². The number of amides is 1. The third-order valence-electron chi connectivity index (χ3n) is 5.77. The second-order valence-corrected chi connectivity index (χ2v) is 10.2. The number of halogens is 3. The first-order valence-electron chi connectivity index (χ1n) is 11.8. The van der Waals surface area contributed by atoms with Gasteiger partial charge in [-0.05, 0) is 43.2 Å². The van der Waals surface area contributed by atoms with Crippen LogP contribution in [0.5, 0.6) is 0 Å². The third-order valence-corrected chi connectivity index (χ3v) is 7.15. The molecule has 2 aliphatic rings. The van der Waals surface area contributed by atoms with Gasteiger partial charge in [0.2, 0.25) is 0 Å². The summed E-state index contributed by atoms with van der Waals surface area (Å²) in [6.07, 6.45) is -3.10. The highest BCUT2D eigenvalue weighted by molar-refractivity contribution is 7.92. The van der Waals surface area contributed by atoms with E-state index in [1.807, 2.05) is 6.07 Å². The van der Waals surface area contributed by atoms with Crippen molar-refractivity contribution in [2.24, 2.45) is 0 Å².